The van der Waals surface area contributed by atoms with Crippen LogP contribution in [0.25, 0.3) is 0 Å². The number of rotatable bonds is 3. The van der Waals surface area contributed by atoms with Gasteiger partial charge >= 0.3 is 0 Å². The highest BCUT2D eigenvalue weighted by Crippen LogP contribution is 2.16. The molecule has 0 spiro atoms. The Morgan fingerprint density at radius 3 is 3.08 bits per heavy atom. The molecule has 0 amide bonds. The van der Waals surface area contributed by atoms with Crippen molar-refractivity contribution in [2.24, 2.45) is 0 Å². The Hall–Kier alpha value is -0.350. The molecule has 1 aromatic heterocycles. The van der Waals surface area contributed by atoms with Gasteiger partial charge in [0.05, 0.1) is 4.47 Å². The minimum Gasteiger partial charge on any atom is -0.368 e. The van der Waals surface area contributed by atoms with E-state index in [1.807, 2.05) is 6.92 Å². The molecule has 1 rings (SSSR count). The summed E-state index contributed by atoms with van der Waals surface area (Å²) in [4.78, 5) is 7.86. The normalized spacial score (nSPS) is 12.6. The lowest BCUT2D eigenvalue weighted by molar-refractivity contribution is 0.970. The third kappa shape index (κ3) is 2.95. The summed E-state index contributed by atoms with van der Waals surface area (Å²) in [6, 6.07) is 0. The highest BCUT2D eigenvalue weighted by atomic mass is 79.9. The average molecular weight is 251 g/mol. The van der Waals surface area contributed by atoms with E-state index in [2.05, 4.69) is 31.2 Å². The molecule has 3 nitrogen and oxygen atoms in total. The van der Waals surface area contributed by atoms with E-state index >= 15 is 0 Å². The van der Waals surface area contributed by atoms with Crippen LogP contribution in [-0.2, 0) is 0 Å². The van der Waals surface area contributed by atoms with Crippen molar-refractivity contribution >= 4 is 33.3 Å². The summed E-state index contributed by atoms with van der Waals surface area (Å²) in [5.74, 6) is 0.775. The van der Waals surface area contributed by atoms with Gasteiger partial charge in [0.25, 0.3) is 0 Å². The zero-order chi connectivity index (χ0) is 8.97. The van der Waals surface area contributed by atoms with E-state index in [9.17, 15) is 0 Å². The van der Waals surface area contributed by atoms with Gasteiger partial charge in [0.2, 0.25) is 0 Å². The van der Waals surface area contributed by atoms with Crippen molar-refractivity contribution in [2.45, 2.75) is 12.3 Å². The zero-order valence-electron chi connectivity index (χ0n) is 6.59. The van der Waals surface area contributed by atoms with Gasteiger partial charge in [0.1, 0.15) is 12.1 Å². The van der Waals surface area contributed by atoms with Crippen molar-refractivity contribution in [3.63, 3.8) is 0 Å². The van der Waals surface area contributed by atoms with Crippen LogP contribution in [0, 0.1) is 0 Å². The summed E-state index contributed by atoms with van der Waals surface area (Å²) < 4.78 is 0.849. The molecule has 1 heterocycles. The molecule has 0 fully saturated rings. The van der Waals surface area contributed by atoms with Crippen LogP contribution in [0.4, 0.5) is 5.82 Å². The van der Waals surface area contributed by atoms with Gasteiger partial charge in [-0.2, -0.15) is 0 Å². The van der Waals surface area contributed by atoms with Crippen LogP contribution in [-0.4, -0.2) is 21.9 Å². The maximum Gasteiger partial charge on any atom is 0.143 e. The van der Waals surface area contributed by atoms with E-state index in [0.29, 0.717) is 6.54 Å². The van der Waals surface area contributed by atoms with Crippen LogP contribution in [0.15, 0.2) is 17.0 Å². The lowest BCUT2D eigenvalue weighted by Crippen LogP contribution is -2.11. The molecule has 0 aromatic carbocycles. The molecule has 0 saturated heterocycles. The first-order chi connectivity index (χ1) is 5.70. The van der Waals surface area contributed by atoms with Crippen molar-refractivity contribution in [3.05, 3.63) is 17.0 Å². The minimum absolute atomic E-state index is 0.0897. The Kier molecular flexibility index (Phi) is 3.75. The Labute approximate surface area is 84.7 Å². The molecule has 1 N–H and O–H groups in total. The molecule has 0 bridgehead atoms. The lowest BCUT2D eigenvalue weighted by atomic mass is 10.4. The largest absolute Gasteiger partial charge is 0.368 e. The van der Waals surface area contributed by atoms with Crippen LogP contribution in [0.2, 0.25) is 0 Å². The number of anilines is 1. The highest BCUT2D eigenvalue weighted by molar-refractivity contribution is 9.10. The van der Waals surface area contributed by atoms with Gasteiger partial charge in [0.15, 0.2) is 0 Å². The first-order valence-corrected chi connectivity index (χ1v) is 4.76. The summed E-state index contributed by atoms with van der Waals surface area (Å²) in [6.07, 6.45) is 3.18. The van der Waals surface area contributed by atoms with Gasteiger partial charge < -0.3 is 5.32 Å². The van der Waals surface area contributed by atoms with Crippen LogP contribution < -0.4 is 5.32 Å². The Morgan fingerprint density at radius 2 is 2.50 bits per heavy atom. The van der Waals surface area contributed by atoms with E-state index < -0.39 is 0 Å². The maximum absolute atomic E-state index is 5.76. The van der Waals surface area contributed by atoms with Crippen molar-refractivity contribution in [1.29, 1.82) is 0 Å². The van der Waals surface area contributed by atoms with E-state index in [1.165, 1.54) is 6.33 Å². The van der Waals surface area contributed by atoms with Crippen molar-refractivity contribution in [3.8, 4) is 0 Å². The number of nitrogens with zero attached hydrogens (tertiary/aromatic N) is 2. The molecule has 0 aliphatic carbocycles. The van der Waals surface area contributed by atoms with Crippen LogP contribution >= 0.6 is 27.5 Å². The molecule has 1 aromatic rings. The molecule has 5 heteroatoms. The van der Waals surface area contributed by atoms with Gasteiger partial charge in [0, 0.05) is 18.1 Å². The first kappa shape index (κ1) is 9.74. The lowest BCUT2D eigenvalue weighted by Gasteiger charge is -2.07. The second-order valence-electron chi connectivity index (χ2n) is 2.38. The number of nitrogens with one attached hydrogen (secondary N) is 1. The fourth-order valence-electron chi connectivity index (χ4n) is 0.680. The number of alkyl halides is 1. The Balaban J connectivity index is 2.57. The molecule has 66 valence electrons. The average Bonchev–Trinajstić information content (AvgIpc) is 2.03. The summed E-state index contributed by atoms with van der Waals surface area (Å²) >= 11 is 9.07. The number of aromatic nitrogens is 2. The van der Waals surface area contributed by atoms with Crippen molar-refractivity contribution in [1.82, 2.24) is 9.97 Å². The van der Waals surface area contributed by atoms with Gasteiger partial charge in [-0.25, -0.2) is 9.97 Å². The van der Waals surface area contributed by atoms with Crippen LogP contribution in [0.1, 0.15) is 6.92 Å². The Morgan fingerprint density at radius 1 is 1.75 bits per heavy atom. The predicted octanol–water partition coefficient (Wildman–Crippen LogP) is 2.28. The van der Waals surface area contributed by atoms with Gasteiger partial charge in [-0.05, 0) is 22.9 Å². The standard InChI is InChI=1S/C7H9BrClN3/c1-5(9)2-11-7-6(8)3-10-4-12-7/h3-5H,2H2,1H3,(H,10,11,12). The zero-order valence-corrected chi connectivity index (χ0v) is 8.93. The minimum atomic E-state index is 0.0897. The van der Waals surface area contributed by atoms with Crippen LogP contribution in [0.3, 0.4) is 0 Å². The van der Waals surface area contributed by atoms with E-state index in [4.69, 9.17) is 11.6 Å². The van der Waals surface area contributed by atoms with Crippen molar-refractivity contribution in [2.75, 3.05) is 11.9 Å². The number of hydrogen-bond donors (Lipinski definition) is 1. The highest BCUT2D eigenvalue weighted by Gasteiger charge is 2.00. The topological polar surface area (TPSA) is 37.8 Å². The second-order valence-corrected chi connectivity index (χ2v) is 3.98. The molecule has 1 unspecified atom stereocenters. The molecule has 0 aliphatic heterocycles. The van der Waals surface area contributed by atoms with Crippen LogP contribution in [0.5, 0.6) is 0 Å². The fourth-order valence-corrected chi connectivity index (χ4v) is 1.12. The van der Waals surface area contributed by atoms with E-state index in [1.54, 1.807) is 6.20 Å². The summed E-state index contributed by atoms with van der Waals surface area (Å²) in [5, 5.41) is 3.17. The van der Waals surface area contributed by atoms with E-state index in [-0.39, 0.29) is 5.38 Å². The van der Waals surface area contributed by atoms with Crippen molar-refractivity contribution < 1.29 is 0 Å². The molecule has 0 aliphatic rings. The maximum atomic E-state index is 5.76. The first-order valence-electron chi connectivity index (χ1n) is 3.53. The second kappa shape index (κ2) is 4.62. The number of hydrogen-bond acceptors (Lipinski definition) is 3. The third-order valence-electron chi connectivity index (χ3n) is 1.22. The van der Waals surface area contributed by atoms with Gasteiger partial charge in [-0.3, -0.25) is 0 Å². The smallest absolute Gasteiger partial charge is 0.143 e. The molecular weight excluding hydrogens is 241 g/mol. The predicted molar refractivity (Wildman–Crippen MR) is 53.5 cm³/mol. The number of halogens is 2. The third-order valence-corrected chi connectivity index (χ3v) is 1.95. The van der Waals surface area contributed by atoms with Gasteiger partial charge in [-0.1, -0.05) is 0 Å². The summed E-state index contributed by atoms with van der Waals surface area (Å²) in [5.41, 5.74) is 0. The molecule has 0 saturated carbocycles. The molecular formula is C7H9BrClN3. The van der Waals surface area contributed by atoms with E-state index in [0.717, 1.165) is 10.3 Å². The Bertz CT molecular complexity index is 254. The monoisotopic (exact) mass is 249 g/mol. The molecule has 0 radical (unpaired) electrons. The van der Waals surface area contributed by atoms with Gasteiger partial charge in [-0.15, -0.1) is 11.6 Å². The summed E-state index contributed by atoms with van der Waals surface area (Å²) in [6.45, 7) is 2.61. The molecule has 1 atom stereocenters. The fraction of sp³-hybridized carbons (Fsp3) is 0.429. The SMILES string of the molecule is CC(Cl)CNc1ncncc1Br. The molecule has 12 heavy (non-hydrogen) atoms. The summed E-state index contributed by atoms with van der Waals surface area (Å²) in [7, 11) is 0. The quantitative estimate of drug-likeness (QED) is 0.837.